The lowest BCUT2D eigenvalue weighted by molar-refractivity contribution is -0.178. The van der Waals surface area contributed by atoms with Gasteiger partial charge in [0.05, 0.1) is 0 Å². The largest absolute Gasteiger partial charge is 0.411 e. The molecule has 1 aliphatic rings. The van der Waals surface area contributed by atoms with Crippen molar-refractivity contribution in [1.82, 2.24) is 4.90 Å². The van der Waals surface area contributed by atoms with Crippen LogP contribution in [0, 0.1) is 0 Å². The minimum Gasteiger partial charge on any atom is -0.372 e. The molecule has 1 heterocycles. The summed E-state index contributed by atoms with van der Waals surface area (Å²) in [5, 5.41) is 0. The van der Waals surface area contributed by atoms with E-state index < -0.39 is 25.3 Å². The van der Waals surface area contributed by atoms with Crippen LogP contribution >= 0.6 is 0 Å². The van der Waals surface area contributed by atoms with Crippen LogP contribution in [0.3, 0.4) is 0 Å². The summed E-state index contributed by atoms with van der Waals surface area (Å²) in [7, 11) is 1.93. The Hall–Kier alpha value is -1.76. The lowest BCUT2D eigenvalue weighted by Gasteiger charge is -2.28. The number of hydrogen-bond donors (Lipinski definition) is 0. The molecule has 1 amide bonds. The molecule has 1 aromatic rings. The average molecular weight is 316 g/mol. The van der Waals surface area contributed by atoms with Gasteiger partial charge in [-0.1, -0.05) is 18.2 Å². The minimum absolute atomic E-state index is 0.112. The van der Waals surface area contributed by atoms with Crippen LogP contribution in [0.1, 0.15) is 12.5 Å². The smallest absolute Gasteiger partial charge is 0.372 e. The Labute approximate surface area is 127 Å². The Morgan fingerprint density at radius 1 is 1.36 bits per heavy atom. The summed E-state index contributed by atoms with van der Waals surface area (Å²) in [6.45, 7) is 0.898. The van der Waals surface area contributed by atoms with E-state index in [4.69, 9.17) is 0 Å². The highest BCUT2D eigenvalue weighted by Gasteiger charge is 2.30. The fraction of sp³-hybridized carbons (Fsp3) is 0.533. The van der Waals surface area contributed by atoms with Crippen LogP contribution in [0.2, 0.25) is 0 Å². The fourth-order valence-corrected chi connectivity index (χ4v) is 2.62. The van der Waals surface area contributed by atoms with Crippen molar-refractivity contribution in [3.8, 4) is 0 Å². The quantitative estimate of drug-likeness (QED) is 0.859. The Morgan fingerprint density at radius 3 is 2.73 bits per heavy atom. The maximum Gasteiger partial charge on any atom is 0.411 e. The number of rotatable bonds is 3. The molecule has 22 heavy (non-hydrogen) atoms. The lowest BCUT2D eigenvalue weighted by atomic mass is 10.1. The Bertz CT molecular complexity index is 534. The van der Waals surface area contributed by atoms with E-state index in [0.717, 1.165) is 11.3 Å². The van der Waals surface area contributed by atoms with Crippen LogP contribution in [0.25, 0.3) is 0 Å². The summed E-state index contributed by atoms with van der Waals surface area (Å²) in [6.07, 6.45) is -4.42. The number of likely N-dealkylation sites (N-methyl/N-ethyl adjacent to an activating group) is 1. The van der Waals surface area contributed by atoms with Gasteiger partial charge in [-0.15, -0.1) is 0 Å². The number of benzene rings is 1. The number of para-hydroxylation sites is 1. The Morgan fingerprint density at radius 2 is 2.05 bits per heavy atom. The Kier molecular flexibility index (Phi) is 4.95. The van der Waals surface area contributed by atoms with Gasteiger partial charge in [-0.2, -0.15) is 13.2 Å². The van der Waals surface area contributed by atoms with Gasteiger partial charge in [0.1, 0.15) is 13.2 Å². The molecule has 0 fully saturated rings. The number of amides is 1. The predicted molar refractivity (Wildman–Crippen MR) is 76.6 cm³/mol. The number of ether oxygens (including phenoxy) is 1. The van der Waals surface area contributed by atoms with E-state index in [-0.39, 0.29) is 6.04 Å². The first-order chi connectivity index (χ1) is 10.3. The van der Waals surface area contributed by atoms with Crippen LogP contribution in [-0.4, -0.2) is 49.8 Å². The van der Waals surface area contributed by atoms with Crippen molar-refractivity contribution in [2.45, 2.75) is 25.7 Å². The highest BCUT2D eigenvalue weighted by atomic mass is 19.4. The second kappa shape index (κ2) is 6.56. The molecule has 0 aromatic heterocycles. The summed E-state index contributed by atoms with van der Waals surface area (Å²) in [5.41, 5.74) is 2.00. The first-order valence-electron chi connectivity index (χ1n) is 7.01. The normalized spacial score (nSPS) is 18.9. The molecule has 0 unspecified atom stereocenters. The summed E-state index contributed by atoms with van der Waals surface area (Å²) in [6, 6.07) is 7.58. The van der Waals surface area contributed by atoms with Crippen LogP contribution in [-0.2, 0) is 16.1 Å². The van der Waals surface area contributed by atoms with Gasteiger partial charge < -0.3 is 14.5 Å². The molecule has 1 atom stereocenters. The van der Waals surface area contributed by atoms with Crippen molar-refractivity contribution in [2.75, 3.05) is 31.7 Å². The van der Waals surface area contributed by atoms with Gasteiger partial charge in [-0.05, 0) is 18.6 Å². The highest BCUT2D eigenvalue weighted by Crippen LogP contribution is 2.26. The molecule has 1 aliphatic heterocycles. The molecule has 0 bridgehead atoms. The second-order valence-electron chi connectivity index (χ2n) is 5.49. The van der Waals surface area contributed by atoms with Gasteiger partial charge in [-0.25, -0.2) is 0 Å². The number of nitrogens with zero attached hydrogens (tertiary/aromatic N) is 2. The molecular formula is C15H19F3N2O2. The van der Waals surface area contributed by atoms with Crippen molar-refractivity contribution >= 4 is 11.6 Å². The molecule has 0 spiro atoms. The van der Waals surface area contributed by atoms with E-state index >= 15 is 0 Å². The number of anilines is 1. The number of carbonyl (C=O) groups is 1. The third kappa shape index (κ3) is 4.13. The molecule has 0 aliphatic carbocycles. The van der Waals surface area contributed by atoms with E-state index in [1.165, 1.54) is 0 Å². The molecule has 4 nitrogen and oxygen atoms in total. The molecule has 0 saturated heterocycles. The molecule has 0 N–H and O–H groups in total. The number of alkyl halides is 3. The van der Waals surface area contributed by atoms with E-state index in [1.807, 2.05) is 43.1 Å². The SMILES string of the molecule is C[C@H]1CN(C)c2ccccc2CN1C(=O)COCC(F)(F)F. The van der Waals surface area contributed by atoms with Gasteiger partial charge >= 0.3 is 6.18 Å². The number of fused-ring (bicyclic) bond motifs is 1. The Balaban J connectivity index is 2.06. The van der Waals surface area contributed by atoms with Crippen LogP contribution in [0.5, 0.6) is 0 Å². The van der Waals surface area contributed by atoms with E-state index in [2.05, 4.69) is 4.74 Å². The predicted octanol–water partition coefficient (Wildman–Crippen LogP) is 2.43. The van der Waals surface area contributed by atoms with Gasteiger partial charge in [0, 0.05) is 31.9 Å². The molecule has 7 heteroatoms. The number of halogens is 3. The van der Waals surface area contributed by atoms with Gasteiger partial charge in [0.2, 0.25) is 5.91 Å². The number of carbonyl (C=O) groups excluding carboxylic acids is 1. The third-order valence-corrected chi connectivity index (χ3v) is 3.63. The minimum atomic E-state index is -4.42. The molecule has 2 rings (SSSR count). The zero-order valence-corrected chi connectivity index (χ0v) is 12.6. The molecule has 0 saturated carbocycles. The lowest BCUT2D eigenvalue weighted by Crippen LogP contribution is -2.43. The van der Waals surface area contributed by atoms with Gasteiger partial charge in [0.15, 0.2) is 0 Å². The van der Waals surface area contributed by atoms with Crippen LogP contribution in [0.15, 0.2) is 24.3 Å². The summed E-state index contributed by atoms with van der Waals surface area (Å²) in [4.78, 5) is 15.8. The van der Waals surface area contributed by atoms with Crippen molar-refractivity contribution < 1.29 is 22.7 Å². The molecule has 1 aromatic carbocycles. The topological polar surface area (TPSA) is 32.8 Å². The van der Waals surface area contributed by atoms with Crippen molar-refractivity contribution in [1.29, 1.82) is 0 Å². The van der Waals surface area contributed by atoms with E-state index in [1.54, 1.807) is 4.90 Å². The maximum absolute atomic E-state index is 12.2. The maximum atomic E-state index is 12.2. The second-order valence-corrected chi connectivity index (χ2v) is 5.49. The average Bonchev–Trinajstić information content (AvgIpc) is 2.55. The van der Waals surface area contributed by atoms with Crippen molar-refractivity contribution in [3.63, 3.8) is 0 Å². The summed E-state index contributed by atoms with van der Waals surface area (Å²) >= 11 is 0. The van der Waals surface area contributed by atoms with Crippen LogP contribution in [0.4, 0.5) is 18.9 Å². The van der Waals surface area contributed by atoms with Crippen LogP contribution < -0.4 is 4.90 Å². The first-order valence-corrected chi connectivity index (χ1v) is 7.01. The van der Waals surface area contributed by atoms with Gasteiger partial charge in [-0.3, -0.25) is 4.79 Å². The van der Waals surface area contributed by atoms with Gasteiger partial charge in [0.25, 0.3) is 0 Å². The zero-order valence-electron chi connectivity index (χ0n) is 12.6. The molecule has 0 radical (unpaired) electrons. The first kappa shape index (κ1) is 16.6. The summed E-state index contributed by atoms with van der Waals surface area (Å²) < 4.78 is 40.7. The standard InChI is InChI=1S/C15H19F3N2O2/c1-11-7-19(2)13-6-4-3-5-12(13)8-20(11)14(21)9-22-10-15(16,17)18/h3-6,11H,7-10H2,1-2H3/t11-/m0/s1. The van der Waals surface area contributed by atoms with Crippen molar-refractivity contribution in [3.05, 3.63) is 29.8 Å². The highest BCUT2D eigenvalue weighted by molar-refractivity contribution is 5.78. The van der Waals surface area contributed by atoms with E-state index in [9.17, 15) is 18.0 Å². The zero-order chi connectivity index (χ0) is 16.3. The van der Waals surface area contributed by atoms with E-state index in [0.29, 0.717) is 13.1 Å². The fourth-order valence-electron chi connectivity index (χ4n) is 2.62. The summed E-state index contributed by atoms with van der Waals surface area (Å²) in [5.74, 6) is -0.429. The monoisotopic (exact) mass is 316 g/mol. The molecular weight excluding hydrogens is 297 g/mol. The number of hydrogen-bond acceptors (Lipinski definition) is 3. The third-order valence-electron chi connectivity index (χ3n) is 3.63. The molecule has 122 valence electrons. The van der Waals surface area contributed by atoms with Crippen molar-refractivity contribution in [2.24, 2.45) is 0 Å².